The van der Waals surface area contributed by atoms with Gasteiger partial charge >= 0.3 is 0 Å². The van der Waals surface area contributed by atoms with E-state index in [-0.39, 0.29) is 23.5 Å². The molecule has 2 aromatic carbocycles. The molecule has 0 radical (unpaired) electrons. The van der Waals surface area contributed by atoms with Crippen LogP contribution in [0.25, 0.3) is 0 Å². The van der Waals surface area contributed by atoms with E-state index in [0.717, 1.165) is 5.56 Å². The van der Waals surface area contributed by atoms with Crippen molar-refractivity contribution in [1.82, 2.24) is 0 Å². The molecule has 0 amide bonds. The SMILES string of the molecule is CC(C)C(c1ccc(F)cc1)c1ccccc1F. The Morgan fingerprint density at radius 3 is 2.00 bits per heavy atom. The van der Waals surface area contributed by atoms with E-state index in [1.165, 1.54) is 18.2 Å². The van der Waals surface area contributed by atoms with Gasteiger partial charge in [0.2, 0.25) is 0 Å². The van der Waals surface area contributed by atoms with E-state index in [9.17, 15) is 8.78 Å². The van der Waals surface area contributed by atoms with Crippen LogP contribution in [0.3, 0.4) is 0 Å². The molecule has 18 heavy (non-hydrogen) atoms. The summed E-state index contributed by atoms with van der Waals surface area (Å²) >= 11 is 0. The van der Waals surface area contributed by atoms with E-state index in [1.807, 2.05) is 19.9 Å². The summed E-state index contributed by atoms with van der Waals surface area (Å²) in [4.78, 5) is 0. The zero-order valence-corrected chi connectivity index (χ0v) is 10.5. The number of hydrogen-bond donors (Lipinski definition) is 0. The Hall–Kier alpha value is -1.70. The minimum Gasteiger partial charge on any atom is -0.207 e. The van der Waals surface area contributed by atoms with Crippen molar-refractivity contribution in [2.75, 3.05) is 0 Å². The predicted octanol–water partition coefficient (Wildman–Crippen LogP) is 4.75. The van der Waals surface area contributed by atoms with Crippen LogP contribution in [0.2, 0.25) is 0 Å². The quantitative estimate of drug-likeness (QED) is 0.733. The van der Waals surface area contributed by atoms with Crippen LogP contribution in [0.1, 0.15) is 30.9 Å². The molecule has 0 aromatic heterocycles. The van der Waals surface area contributed by atoms with Gasteiger partial charge in [-0.3, -0.25) is 0 Å². The normalized spacial score (nSPS) is 12.7. The molecule has 0 saturated heterocycles. The highest BCUT2D eigenvalue weighted by Gasteiger charge is 2.20. The molecule has 0 spiro atoms. The van der Waals surface area contributed by atoms with E-state index in [4.69, 9.17) is 0 Å². The fourth-order valence-electron chi connectivity index (χ4n) is 2.32. The van der Waals surface area contributed by atoms with Gasteiger partial charge in [-0.1, -0.05) is 44.2 Å². The smallest absolute Gasteiger partial charge is 0.127 e. The first-order valence-electron chi connectivity index (χ1n) is 6.09. The Balaban J connectivity index is 2.47. The standard InChI is InChI=1S/C16H16F2/c1-11(2)16(12-7-9-13(17)10-8-12)14-5-3-4-6-15(14)18/h3-11,16H,1-2H3. The molecule has 0 bridgehead atoms. The van der Waals surface area contributed by atoms with Gasteiger partial charge < -0.3 is 0 Å². The van der Waals surface area contributed by atoms with Crippen LogP contribution in [0, 0.1) is 17.6 Å². The van der Waals surface area contributed by atoms with Gasteiger partial charge in [0.15, 0.2) is 0 Å². The van der Waals surface area contributed by atoms with Crippen molar-refractivity contribution >= 4 is 0 Å². The maximum atomic E-state index is 13.9. The van der Waals surface area contributed by atoms with Crippen molar-refractivity contribution in [2.45, 2.75) is 19.8 Å². The average molecular weight is 246 g/mol. The van der Waals surface area contributed by atoms with Crippen molar-refractivity contribution in [3.63, 3.8) is 0 Å². The molecule has 2 rings (SSSR count). The molecule has 0 aliphatic rings. The van der Waals surface area contributed by atoms with Gasteiger partial charge in [0.1, 0.15) is 11.6 Å². The fraction of sp³-hybridized carbons (Fsp3) is 0.250. The van der Waals surface area contributed by atoms with E-state index >= 15 is 0 Å². The fourth-order valence-corrected chi connectivity index (χ4v) is 2.32. The first kappa shape index (κ1) is 12.7. The summed E-state index contributed by atoms with van der Waals surface area (Å²) in [5, 5.41) is 0. The van der Waals surface area contributed by atoms with E-state index in [0.29, 0.717) is 5.56 Å². The van der Waals surface area contributed by atoms with Crippen LogP contribution in [-0.2, 0) is 0 Å². The first-order chi connectivity index (χ1) is 8.59. The Morgan fingerprint density at radius 2 is 1.44 bits per heavy atom. The van der Waals surface area contributed by atoms with Crippen LogP contribution in [0.15, 0.2) is 48.5 Å². The third kappa shape index (κ3) is 2.58. The maximum Gasteiger partial charge on any atom is 0.127 e. The van der Waals surface area contributed by atoms with Crippen LogP contribution in [0.4, 0.5) is 8.78 Å². The highest BCUT2D eigenvalue weighted by atomic mass is 19.1. The summed E-state index contributed by atoms with van der Waals surface area (Å²) in [7, 11) is 0. The molecular formula is C16H16F2. The minimum absolute atomic E-state index is 0.0493. The topological polar surface area (TPSA) is 0 Å². The molecular weight excluding hydrogens is 230 g/mol. The lowest BCUT2D eigenvalue weighted by molar-refractivity contribution is 0.522. The summed E-state index contributed by atoms with van der Waals surface area (Å²) < 4.78 is 26.8. The minimum atomic E-state index is -0.269. The third-order valence-corrected chi connectivity index (χ3v) is 3.14. The zero-order valence-electron chi connectivity index (χ0n) is 10.5. The van der Waals surface area contributed by atoms with Crippen molar-refractivity contribution in [1.29, 1.82) is 0 Å². The van der Waals surface area contributed by atoms with Gasteiger partial charge in [-0.25, -0.2) is 8.78 Å². The lowest BCUT2D eigenvalue weighted by Gasteiger charge is -2.22. The Bertz CT molecular complexity index is 515. The summed E-state index contributed by atoms with van der Waals surface area (Å²) in [6, 6.07) is 13.1. The lowest BCUT2D eigenvalue weighted by Crippen LogP contribution is -2.10. The molecule has 0 fully saturated rings. The van der Waals surface area contributed by atoms with Crippen molar-refractivity contribution in [3.8, 4) is 0 Å². The molecule has 1 unspecified atom stereocenters. The molecule has 0 N–H and O–H groups in total. The molecule has 94 valence electrons. The zero-order chi connectivity index (χ0) is 13.1. The summed E-state index contributed by atoms with van der Waals surface area (Å²) in [6.07, 6.45) is 0. The first-order valence-corrected chi connectivity index (χ1v) is 6.09. The Labute approximate surface area is 106 Å². The van der Waals surface area contributed by atoms with Gasteiger partial charge in [0.05, 0.1) is 0 Å². The average Bonchev–Trinajstić information content (AvgIpc) is 2.34. The van der Waals surface area contributed by atoms with Gasteiger partial charge in [0, 0.05) is 5.92 Å². The van der Waals surface area contributed by atoms with Crippen LogP contribution in [0.5, 0.6) is 0 Å². The second-order valence-corrected chi connectivity index (χ2v) is 4.79. The van der Waals surface area contributed by atoms with Gasteiger partial charge in [0.25, 0.3) is 0 Å². The van der Waals surface area contributed by atoms with Gasteiger partial charge in [-0.05, 0) is 35.2 Å². The monoisotopic (exact) mass is 246 g/mol. The highest BCUT2D eigenvalue weighted by molar-refractivity contribution is 5.34. The number of hydrogen-bond acceptors (Lipinski definition) is 0. The predicted molar refractivity (Wildman–Crippen MR) is 69.5 cm³/mol. The van der Waals surface area contributed by atoms with Crippen molar-refractivity contribution in [3.05, 3.63) is 71.3 Å². The van der Waals surface area contributed by atoms with E-state index < -0.39 is 0 Å². The molecule has 0 aliphatic carbocycles. The third-order valence-electron chi connectivity index (χ3n) is 3.14. The maximum absolute atomic E-state index is 13.9. The number of benzene rings is 2. The molecule has 0 saturated carbocycles. The summed E-state index contributed by atoms with van der Waals surface area (Å²) in [5.74, 6) is -0.283. The molecule has 0 aliphatic heterocycles. The highest BCUT2D eigenvalue weighted by Crippen LogP contribution is 2.33. The summed E-state index contributed by atoms with van der Waals surface area (Å²) in [5.41, 5.74) is 1.61. The lowest BCUT2D eigenvalue weighted by atomic mass is 9.82. The second-order valence-electron chi connectivity index (χ2n) is 4.79. The number of halogens is 2. The van der Waals surface area contributed by atoms with Crippen LogP contribution in [-0.4, -0.2) is 0 Å². The van der Waals surface area contributed by atoms with Gasteiger partial charge in [-0.15, -0.1) is 0 Å². The van der Waals surface area contributed by atoms with E-state index in [2.05, 4.69) is 0 Å². The van der Waals surface area contributed by atoms with Crippen LogP contribution >= 0.6 is 0 Å². The van der Waals surface area contributed by atoms with Crippen molar-refractivity contribution in [2.24, 2.45) is 5.92 Å². The Morgan fingerprint density at radius 1 is 0.833 bits per heavy atom. The molecule has 2 aromatic rings. The largest absolute Gasteiger partial charge is 0.207 e. The molecule has 0 heterocycles. The molecule has 2 heteroatoms. The van der Waals surface area contributed by atoms with Crippen LogP contribution < -0.4 is 0 Å². The number of rotatable bonds is 3. The van der Waals surface area contributed by atoms with Gasteiger partial charge in [-0.2, -0.15) is 0 Å². The van der Waals surface area contributed by atoms with E-state index in [1.54, 1.807) is 24.3 Å². The molecule has 1 atom stereocenters. The summed E-state index contributed by atoms with van der Waals surface area (Å²) in [6.45, 7) is 4.08. The van der Waals surface area contributed by atoms with Crippen molar-refractivity contribution < 1.29 is 8.78 Å². The Kier molecular flexibility index (Phi) is 3.75. The second kappa shape index (κ2) is 5.30. The molecule has 0 nitrogen and oxygen atoms in total.